The largest absolute Gasteiger partial charge is 0.481 e. The molecule has 1 saturated carbocycles. The predicted molar refractivity (Wildman–Crippen MR) is 50.1 cm³/mol. The molecule has 3 N–H and O–H groups in total. The van der Waals surface area contributed by atoms with Gasteiger partial charge in [0.2, 0.25) is 5.91 Å². The second kappa shape index (κ2) is 5.09. The van der Waals surface area contributed by atoms with Gasteiger partial charge in [-0.25, -0.2) is 0 Å². The summed E-state index contributed by atoms with van der Waals surface area (Å²) in [6.07, 6.45) is 0.381. The van der Waals surface area contributed by atoms with Gasteiger partial charge < -0.3 is 20.3 Å². The Morgan fingerprint density at radius 3 is 2.60 bits per heavy atom. The average Bonchev–Trinajstić information content (AvgIpc) is 2.96. The number of methoxy groups -OCH3 is 1. The van der Waals surface area contributed by atoms with Crippen molar-refractivity contribution in [1.29, 1.82) is 0 Å². The van der Waals surface area contributed by atoms with Gasteiger partial charge >= 0.3 is 5.97 Å². The molecule has 0 saturated heterocycles. The maximum Gasteiger partial charge on any atom is 0.307 e. The van der Waals surface area contributed by atoms with Crippen LogP contribution in [0.4, 0.5) is 0 Å². The van der Waals surface area contributed by atoms with E-state index in [1.54, 1.807) is 0 Å². The van der Waals surface area contributed by atoms with Crippen LogP contribution in [0.2, 0.25) is 0 Å². The zero-order valence-electron chi connectivity index (χ0n) is 8.47. The number of ether oxygens (including phenoxy) is 1. The Labute approximate surface area is 87.2 Å². The van der Waals surface area contributed by atoms with Gasteiger partial charge in [-0.1, -0.05) is 0 Å². The Morgan fingerprint density at radius 2 is 2.20 bits per heavy atom. The summed E-state index contributed by atoms with van der Waals surface area (Å²) in [5, 5.41) is 20.0. The number of aliphatic hydroxyl groups excluding tert-OH is 1. The third-order valence-electron chi connectivity index (χ3n) is 2.38. The standard InChI is InChI=1S/C9H15NO5/c1-15-4-5(3-11)10-8(12)6-2-7(6)9(13)14/h5-7,11H,2-4H2,1H3,(H,10,12)(H,13,14). The summed E-state index contributed by atoms with van der Waals surface area (Å²) >= 11 is 0. The molecule has 15 heavy (non-hydrogen) atoms. The minimum absolute atomic E-state index is 0.215. The monoisotopic (exact) mass is 217 g/mol. The Hall–Kier alpha value is -1.14. The zero-order valence-corrected chi connectivity index (χ0v) is 8.47. The molecule has 3 unspecified atom stereocenters. The molecule has 3 atom stereocenters. The number of aliphatic hydroxyl groups is 1. The molecule has 0 heterocycles. The minimum Gasteiger partial charge on any atom is -0.481 e. The first-order valence-corrected chi connectivity index (χ1v) is 4.73. The molecule has 1 amide bonds. The number of carboxylic acid groups (broad SMARTS) is 1. The molecule has 86 valence electrons. The Kier molecular flexibility index (Phi) is 4.05. The van der Waals surface area contributed by atoms with E-state index in [0.717, 1.165) is 0 Å². The van der Waals surface area contributed by atoms with Crippen LogP contribution in [0.15, 0.2) is 0 Å². The smallest absolute Gasteiger partial charge is 0.307 e. The molecule has 0 radical (unpaired) electrons. The number of aliphatic carboxylic acids is 1. The highest BCUT2D eigenvalue weighted by molar-refractivity contribution is 5.89. The van der Waals surface area contributed by atoms with Crippen LogP contribution in [0.3, 0.4) is 0 Å². The Morgan fingerprint density at radius 1 is 1.53 bits per heavy atom. The van der Waals surface area contributed by atoms with E-state index >= 15 is 0 Å². The normalized spacial score (nSPS) is 25.7. The minimum atomic E-state index is -0.942. The van der Waals surface area contributed by atoms with Crippen LogP contribution in [0.25, 0.3) is 0 Å². The zero-order chi connectivity index (χ0) is 11.4. The summed E-state index contributed by atoms with van der Waals surface area (Å²) in [7, 11) is 1.46. The maximum atomic E-state index is 11.4. The molecule has 1 aliphatic carbocycles. The summed E-state index contributed by atoms with van der Waals surface area (Å²) in [4.78, 5) is 21.9. The van der Waals surface area contributed by atoms with Crippen LogP contribution in [0.5, 0.6) is 0 Å². The van der Waals surface area contributed by atoms with Gasteiger partial charge in [-0.2, -0.15) is 0 Å². The number of carboxylic acids is 1. The Balaban J connectivity index is 2.33. The molecule has 0 aromatic carbocycles. The SMILES string of the molecule is COCC(CO)NC(=O)C1CC1C(=O)O. The van der Waals surface area contributed by atoms with Gasteiger partial charge in [-0.05, 0) is 6.42 Å². The van der Waals surface area contributed by atoms with E-state index in [1.165, 1.54) is 7.11 Å². The van der Waals surface area contributed by atoms with Crippen molar-refractivity contribution in [3.8, 4) is 0 Å². The highest BCUT2D eigenvalue weighted by Crippen LogP contribution is 2.38. The molecule has 0 spiro atoms. The van der Waals surface area contributed by atoms with E-state index in [9.17, 15) is 9.59 Å². The van der Waals surface area contributed by atoms with Gasteiger partial charge in [-0.3, -0.25) is 9.59 Å². The highest BCUT2D eigenvalue weighted by atomic mass is 16.5. The molecule has 0 bridgehead atoms. The Bertz CT molecular complexity index is 255. The summed E-state index contributed by atoms with van der Waals surface area (Å²) < 4.78 is 4.78. The molecule has 6 heteroatoms. The number of hydrogen-bond acceptors (Lipinski definition) is 4. The van der Waals surface area contributed by atoms with Gasteiger partial charge in [0.15, 0.2) is 0 Å². The third kappa shape index (κ3) is 3.17. The highest BCUT2D eigenvalue weighted by Gasteiger charge is 2.48. The van der Waals surface area contributed by atoms with Crippen molar-refractivity contribution in [3.05, 3.63) is 0 Å². The number of carbonyl (C=O) groups excluding carboxylic acids is 1. The van der Waals surface area contributed by atoms with E-state index in [0.29, 0.717) is 6.42 Å². The number of amides is 1. The number of carbonyl (C=O) groups is 2. The first-order chi connectivity index (χ1) is 7.10. The van der Waals surface area contributed by atoms with E-state index in [-0.39, 0.29) is 19.1 Å². The van der Waals surface area contributed by atoms with Crippen LogP contribution >= 0.6 is 0 Å². The van der Waals surface area contributed by atoms with Crippen molar-refractivity contribution in [1.82, 2.24) is 5.32 Å². The van der Waals surface area contributed by atoms with E-state index in [2.05, 4.69) is 5.32 Å². The fraction of sp³-hybridized carbons (Fsp3) is 0.778. The van der Waals surface area contributed by atoms with Crippen LogP contribution in [0, 0.1) is 11.8 Å². The average molecular weight is 217 g/mol. The van der Waals surface area contributed by atoms with Crippen molar-refractivity contribution in [3.63, 3.8) is 0 Å². The van der Waals surface area contributed by atoms with Gasteiger partial charge in [0.05, 0.1) is 31.1 Å². The van der Waals surface area contributed by atoms with Crippen molar-refractivity contribution in [2.24, 2.45) is 11.8 Å². The van der Waals surface area contributed by atoms with E-state index < -0.39 is 23.8 Å². The van der Waals surface area contributed by atoms with Crippen LogP contribution in [-0.4, -0.2) is 48.5 Å². The van der Waals surface area contributed by atoms with E-state index in [4.69, 9.17) is 14.9 Å². The lowest BCUT2D eigenvalue weighted by molar-refractivity contribution is -0.140. The lowest BCUT2D eigenvalue weighted by atomic mass is 10.2. The maximum absolute atomic E-state index is 11.4. The number of rotatable bonds is 6. The van der Waals surface area contributed by atoms with Crippen molar-refractivity contribution in [2.75, 3.05) is 20.3 Å². The van der Waals surface area contributed by atoms with Crippen LogP contribution in [0.1, 0.15) is 6.42 Å². The summed E-state index contributed by atoms with van der Waals surface area (Å²) in [6, 6.07) is -0.461. The predicted octanol–water partition coefficient (Wildman–Crippen LogP) is -1.17. The number of hydrogen-bond donors (Lipinski definition) is 3. The van der Waals surface area contributed by atoms with E-state index in [1.807, 2.05) is 0 Å². The molecule has 6 nitrogen and oxygen atoms in total. The first-order valence-electron chi connectivity index (χ1n) is 4.73. The van der Waals surface area contributed by atoms with Gasteiger partial charge in [0.25, 0.3) is 0 Å². The second-order valence-electron chi connectivity index (χ2n) is 3.63. The van der Waals surface area contributed by atoms with Crippen molar-refractivity contribution in [2.45, 2.75) is 12.5 Å². The molecule has 0 aliphatic heterocycles. The molecule has 1 rings (SSSR count). The molecular weight excluding hydrogens is 202 g/mol. The molecule has 1 fully saturated rings. The van der Waals surface area contributed by atoms with Gasteiger partial charge in [0, 0.05) is 7.11 Å². The lowest BCUT2D eigenvalue weighted by Crippen LogP contribution is -2.41. The van der Waals surface area contributed by atoms with Crippen LogP contribution in [-0.2, 0) is 14.3 Å². The van der Waals surface area contributed by atoms with Crippen molar-refractivity contribution >= 4 is 11.9 Å². The molecule has 0 aromatic heterocycles. The molecular formula is C9H15NO5. The molecule has 0 aromatic rings. The summed E-state index contributed by atoms with van der Waals surface area (Å²) in [5.41, 5.74) is 0. The quantitative estimate of drug-likeness (QED) is 0.521. The fourth-order valence-electron chi connectivity index (χ4n) is 1.41. The third-order valence-corrected chi connectivity index (χ3v) is 2.38. The summed E-state index contributed by atoms with van der Waals surface area (Å²) in [5.74, 6) is -2.28. The number of nitrogens with one attached hydrogen (secondary N) is 1. The van der Waals surface area contributed by atoms with Crippen molar-refractivity contribution < 1.29 is 24.5 Å². The van der Waals surface area contributed by atoms with Gasteiger partial charge in [0.1, 0.15) is 0 Å². The fourth-order valence-corrected chi connectivity index (χ4v) is 1.41. The van der Waals surface area contributed by atoms with Gasteiger partial charge in [-0.15, -0.1) is 0 Å². The first kappa shape index (κ1) is 11.9. The van der Waals surface area contributed by atoms with Crippen LogP contribution < -0.4 is 5.32 Å². The molecule has 1 aliphatic rings. The topological polar surface area (TPSA) is 95.9 Å². The second-order valence-corrected chi connectivity index (χ2v) is 3.63. The summed E-state index contributed by atoms with van der Waals surface area (Å²) in [6.45, 7) is -0.00324. The lowest BCUT2D eigenvalue weighted by Gasteiger charge is -2.14.